The van der Waals surface area contributed by atoms with Crippen molar-refractivity contribution in [1.29, 1.82) is 0 Å². The monoisotopic (exact) mass is 216 g/mol. The summed E-state index contributed by atoms with van der Waals surface area (Å²) in [6.07, 6.45) is 8.24. The Balaban J connectivity index is 3.22. The molecule has 15 heavy (non-hydrogen) atoms. The van der Waals surface area contributed by atoms with Crippen molar-refractivity contribution in [1.82, 2.24) is 0 Å². The molecule has 0 heterocycles. The molecule has 0 saturated heterocycles. The average molecular weight is 216 g/mol. The highest BCUT2D eigenvalue weighted by Crippen LogP contribution is 2.12. The molecule has 0 bridgehead atoms. The van der Waals surface area contributed by atoms with Crippen LogP contribution in [0.15, 0.2) is 0 Å². The molecule has 0 aliphatic carbocycles. The summed E-state index contributed by atoms with van der Waals surface area (Å²) in [7, 11) is 0. The van der Waals surface area contributed by atoms with Gasteiger partial charge in [-0.1, -0.05) is 33.1 Å². The van der Waals surface area contributed by atoms with Crippen LogP contribution in [0.25, 0.3) is 0 Å². The zero-order chi connectivity index (χ0) is 11.4. The van der Waals surface area contributed by atoms with E-state index < -0.39 is 0 Å². The maximum absolute atomic E-state index is 8.61. The first kappa shape index (κ1) is 14.9. The van der Waals surface area contributed by atoms with Gasteiger partial charge in [0, 0.05) is 19.8 Å². The summed E-state index contributed by atoms with van der Waals surface area (Å²) in [5.41, 5.74) is 0. The fourth-order valence-corrected chi connectivity index (χ4v) is 1.64. The molecule has 0 spiro atoms. The van der Waals surface area contributed by atoms with E-state index in [0.717, 1.165) is 38.4 Å². The molecule has 1 atom stereocenters. The van der Waals surface area contributed by atoms with Crippen LogP contribution in [-0.4, -0.2) is 24.9 Å². The Labute approximate surface area is 95.0 Å². The standard InChI is InChI=1S/C13H28O2/c1-3-5-9-13(4-2)12-15-11-8-6-7-10-14/h13-14H,3-12H2,1-2H3. The van der Waals surface area contributed by atoms with Crippen LogP contribution in [0.1, 0.15) is 58.8 Å². The Morgan fingerprint density at radius 1 is 1.07 bits per heavy atom. The molecular formula is C13H28O2. The van der Waals surface area contributed by atoms with Gasteiger partial charge in [0.25, 0.3) is 0 Å². The zero-order valence-corrected chi connectivity index (χ0v) is 10.5. The van der Waals surface area contributed by atoms with Crippen molar-refractivity contribution in [3.05, 3.63) is 0 Å². The molecule has 0 fully saturated rings. The first-order valence-corrected chi connectivity index (χ1v) is 6.53. The van der Waals surface area contributed by atoms with Gasteiger partial charge in [0.1, 0.15) is 0 Å². The van der Waals surface area contributed by atoms with Crippen LogP contribution in [0.2, 0.25) is 0 Å². The Morgan fingerprint density at radius 3 is 2.47 bits per heavy atom. The van der Waals surface area contributed by atoms with Crippen LogP contribution in [0.4, 0.5) is 0 Å². The lowest BCUT2D eigenvalue weighted by atomic mass is 10.0. The number of rotatable bonds is 11. The lowest BCUT2D eigenvalue weighted by Crippen LogP contribution is -2.09. The Hall–Kier alpha value is -0.0800. The van der Waals surface area contributed by atoms with Gasteiger partial charge >= 0.3 is 0 Å². The lowest BCUT2D eigenvalue weighted by Gasteiger charge is -2.14. The molecule has 92 valence electrons. The van der Waals surface area contributed by atoms with Gasteiger partial charge in [0.2, 0.25) is 0 Å². The smallest absolute Gasteiger partial charge is 0.0494 e. The number of hydrogen-bond donors (Lipinski definition) is 1. The number of hydrogen-bond acceptors (Lipinski definition) is 2. The first-order chi connectivity index (χ1) is 7.35. The van der Waals surface area contributed by atoms with E-state index >= 15 is 0 Å². The van der Waals surface area contributed by atoms with Crippen LogP contribution in [0.5, 0.6) is 0 Å². The normalized spacial score (nSPS) is 13.0. The summed E-state index contributed by atoms with van der Waals surface area (Å²) in [4.78, 5) is 0. The largest absolute Gasteiger partial charge is 0.396 e. The molecule has 0 rings (SSSR count). The van der Waals surface area contributed by atoms with E-state index in [0.29, 0.717) is 6.61 Å². The maximum Gasteiger partial charge on any atom is 0.0494 e. The topological polar surface area (TPSA) is 29.5 Å². The fraction of sp³-hybridized carbons (Fsp3) is 1.00. The van der Waals surface area contributed by atoms with Crippen molar-refractivity contribution in [3.63, 3.8) is 0 Å². The van der Waals surface area contributed by atoms with Gasteiger partial charge in [-0.05, 0) is 31.6 Å². The molecule has 0 saturated carbocycles. The van der Waals surface area contributed by atoms with Crippen LogP contribution >= 0.6 is 0 Å². The summed E-state index contributed by atoms with van der Waals surface area (Å²) in [6, 6.07) is 0. The minimum Gasteiger partial charge on any atom is -0.396 e. The molecule has 1 unspecified atom stereocenters. The van der Waals surface area contributed by atoms with Gasteiger partial charge in [0.05, 0.1) is 0 Å². The third kappa shape index (κ3) is 10.2. The number of unbranched alkanes of at least 4 members (excludes halogenated alkanes) is 3. The van der Waals surface area contributed by atoms with Crippen molar-refractivity contribution in [2.75, 3.05) is 19.8 Å². The Bertz CT molecular complexity index is 115. The number of aliphatic hydroxyl groups is 1. The van der Waals surface area contributed by atoms with Crippen molar-refractivity contribution < 1.29 is 9.84 Å². The molecule has 2 nitrogen and oxygen atoms in total. The van der Waals surface area contributed by atoms with E-state index in [1.54, 1.807) is 0 Å². The van der Waals surface area contributed by atoms with Crippen LogP contribution < -0.4 is 0 Å². The highest BCUT2D eigenvalue weighted by molar-refractivity contribution is 4.55. The van der Waals surface area contributed by atoms with Crippen LogP contribution in [0.3, 0.4) is 0 Å². The molecule has 0 aliphatic rings. The Kier molecular flexibility index (Phi) is 11.9. The minimum absolute atomic E-state index is 0.314. The van der Waals surface area contributed by atoms with Crippen molar-refractivity contribution in [3.8, 4) is 0 Å². The molecule has 0 radical (unpaired) electrons. The number of aliphatic hydroxyl groups excluding tert-OH is 1. The summed E-state index contributed by atoms with van der Waals surface area (Å²) in [6.45, 7) is 6.59. The van der Waals surface area contributed by atoms with Gasteiger partial charge in [0.15, 0.2) is 0 Å². The van der Waals surface area contributed by atoms with Crippen LogP contribution in [-0.2, 0) is 4.74 Å². The molecule has 0 aromatic carbocycles. The van der Waals surface area contributed by atoms with Crippen LogP contribution in [0, 0.1) is 5.92 Å². The van der Waals surface area contributed by atoms with Gasteiger partial charge in [-0.15, -0.1) is 0 Å². The van der Waals surface area contributed by atoms with E-state index in [1.165, 1.54) is 25.7 Å². The second-order valence-corrected chi connectivity index (χ2v) is 4.28. The summed E-state index contributed by atoms with van der Waals surface area (Å²) >= 11 is 0. The van der Waals surface area contributed by atoms with Crippen molar-refractivity contribution in [2.24, 2.45) is 5.92 Å². The van der Waals surface area contributed by atoms with Gasteiger partial charge in [-0.2, -0.15) is 0 Å². The second-order valence-electron chi connectivity index (χ2n) is 4.28. The maximum atomic E-state index is 8.61. The summed E-state index contributed by atoms with van der Waals surface area (Å²) in [5.74, 6) is 0.753. The molecule has 0 aliphatic heterocycles. The van der Waals surface area contributed by atoms with E-state index in [1.807, 2.05) is 0 Å². The molecule has 0 aromatic rings. The van der Waals surface area contributed by atoms with Crippen molar-refractivity contribution >= 4 is 0 Å². The quantitative estimate of drug-likeness (QED) is 0.536. The number of ether oxygens (including phenoxy) is 1. The molecule has 0 aromatic heterocycles. The molecular weight excluding hydrogens is 188 g/mol. The predicted molar refractivity (Wildman–Crippen MR) is 65.1 cm³/mol. The fourth-order valence-electron chi connectivity index (χ4n) is 1.64. The predicted octanol–water partition coefficient (Wildman–Crippen LogP) is 3.38. The third-order valence-corrected chi connectivity index (χ3v) is 2.84. The summed E-state index contributed by atoms with van der Waals surface area (Å²) < 4.78 is 5.65. The third-order valence-electron chi connectivity index (χ3n) is 2.84. The van der Waals surface area contributed by atoms with E-state index in [9.17, 15) is 0 Å². The SMILES string of the molecule is CCCCC(CC)COCCCCCO. The average Bonchev–Trinajstić information content (AvgIpc) is 2.27. The molecule has 2 heteroatoms. The van der Waals surface area contributed by atoms with Gasteiger partial charge in [-0.25, -0.2) is 0 Å². The highest BCUT2D eigenvalue weighted by atomic mass is 16.5. The van der Waals surface area contributed by atoms with Gasteiger partial charge < -0.3 is 9.84 Å². The van der Waals surface area contributed by atoms with E-state index in [-0.39, 0.29) is 0 Å². The second kappa shape index (κ2) is 12.0. The Morgan fingerprint density at radius 2 is 1.87 bits per heavy atom. The van der Waals surface area contributed by atoms with Crippen molar-refractivity contribution in [2.45, 2.75) is 58.8 Å². The molecule has 0 amide bonds. The molecule has 1 N–H and O–H groups in total. The zero-order valence-electron chi connectivity index (χ0n) is 10.5. The summed E-state index contributed by atoms with van der Waals surface area (Å²) in [5, 5.41) is 8.61. The van der Waals surface area contributed by atoms with E-state index in [4.69, 9.17) is 9.84 Å². The highest BCUT2D eigenvalue weighted by Gasteiger charge is 2.05. The minimum atomic E-state index is 0.314. The van der Waals surface area contributed by atoms with Gasteiger partial charge in [-0.3, -0.25) is 0 Å². The first-order valence-electron chi connectivity index (χ1n) is 6.53. The van der Waals surface area contributed by atoms with E-state index in [2.05, 4.69) is 13.8 Å². The lowest BCUT2D eigenvalue weighted by molar-refractivity contribution is 0.0900.